The topological polar surface area (TPSA) is 84.5 Å². The first-order chi connectivity index (χ1) is 11.4. The smallest absolute Gasteiger partial charge is 0.251 e. The number of carbonyl (C=O) groups is 1. The molecule has 6 nitrogen and oxygen atoms in total. The molecule has 0 bridgehead atoms. The molecule has 1 fully saturated rings. The highest BCUT2D eigenvalue weighted by Gasteiger charge is 2.17. The van der Waals surface area contributed by atoms with Crippen molar-refractivity contribution < 1.29 is 17.9 Å². The van der Waals surface area contributed by atoms with Crippen molar-refractivity contribution in [1.82, 2.24) is 10.0 Å². The minimum absolute atomic E-state index is 0.159. The van der Waals surface area contributed by atoms with Crippen molar-refractivity contribution in [2.45, 2.75) is 44.0 Å². The largest absolute Gasteiger partial charge is 0.381 e. The van der Waals surface area contributed by atoms with Crippen LogP contribution in [-0.4, -0.2) is 40.1 Å². The Labute approximate surface area is 144 Å². The van der Waals surface area contributed by atoms with Crippen molar-refractivity contribution in [3.63, 3.8) is 0 Å². The molecule has 0 saturated carbocycles. The standard InChI is InChI=1S/C17H26N2O4S/c1-13(2)19-24(21,22)16-7-5-15(6-8-16)17(20)18-10-9-14-4-3-11-23-12-14/h5-8,13-14,19H,3-4,9-12H2,1-2H3,(H,18,20)/t14-/m1/s1. The first-order valence-electron chi connectivity index (χ1n) is 8.37. The van der Waals surface area contributed by atoms with E-state index in [-0.39, 0.29) is 16.8 Å². The van der Waals surface area contributed by atoms with Crippen LogP contribution in [0.4, 0.5) is 0 Å². The van der Waals surface area contributed by atoms with Crippen molar-refractivity contribution in [3.05, 3.63) is 29.8 Å². The summed E-state index contributed by atoms with van der Waals surface area (Å²) >= 11 is 0. The number of benzene rings is 1. The van der Waals surface area contributed by atoms with Gasteiger partial charge in [0, 0.05) is 31.4 Å². The normalized spacial score (nSPS) is 18.5. The summed E-state index contributed by atoms with van der Waals surface area (Å²) in [5.74, 6) is 0.321. The molecular formula is C17H26N2O4S. The molecule has 0 radical (unpaired) electrons. The fourth-order valence-electron chi connectivity index (χ4n) is 2.69. The van der Waals surface area contributed by atoms with E-state index in [1.54, 1.807) is 13.8 Å². The fourth-order valence-corrected chi connectivity index (χ4v) is 3.94. The number of amides is 1. The summed E-state index contributed by atoms with van der Waals surface area (Å²) in [6.07, 6.45) is 3.13. The second-order valence-corrected chi connectivity index (χ2v) is 8.14. The zero-order valence-electron chi connectivity index (χ0n) is 14.2. The lowest BCUT2D eigenvalue weighted by atomic mass is 9.99. The van der Waals surface area contributed by atoms with Gasteiger partial charge in [0.15, 0.2) is 0 Å². The fraction of sp³-hybridized carbons (Fsp3) is 0.588. The lowest BCUT2D eigenvalue weighted by Crippen LogP contribution is -2.30. The molecule has 1 aromatic carbocycles. The van der Waals surface area contributed by atoms with Gasteiger partial charge in [0.05, 0.1) is 4.90 Å². The van der Waals surface area contributed by atoms with Crippen molar-refractivity contribution in [2.24, 2.45) is 5.92 Å². The highest BCUT2D eigenvalue weighted by Crippen LogP contribution is 2.16. The molecule has 0 spiro atoms. The van der Waals surface area contributed by atoms with E-state index in [1.165, 1.54) is 24.3 Å². The zero-order valence-corrected chi connectivity index (χ0v) is 15.1. The van der Waals surface area contributed by atoms with Gasteiger partial charge in [0.1, 0.15) is 0 Å². The molecule has 0 unspecified atom stereocenters. The average Bonchev–Trinajstić information content (AvgIpc) is 2.55. The third kappa shape index (κ3) is 5.58. The van der Waals surface area contributed by atoms with Crippen LogP contribution >= 0.6 is 0 Å². The first-order valence-corrected chi connectivity index (χ1v) is 9.85. The maximum absolute atomic E-state index is 12.1. The number of nitrogens with one attached hydrogen (secondary N) is 2. The van der Waals surface area contributed by atoms with Gasteiger partial charge < -0.3 is 10.1 Å². The van der Waals surface area contributed by atoms with E-state index in [0.29, 0.717) is 18.0 Å². The summed E-state index contributed by atoms with van der Waals surface area (Å²) in [6, 6.07) is 5.80. The number of hydrogen-bond donors (Lipinski definition) is 2. The van der Waals surface area contributed by atoms with Crippen LogP contribution in [0.1, 0.15) is 43.5 Å². The van der Waals surface area contributed by atoms with Crippen LogP contribution < -0.4 is 10.0 Å². The van der Waals surface area contributed by atoms with Gasteiger partial charge in [-0.2, -0.15) is 0 Å². The molecule has 1 aromatic rings. The molecule has 1 aliphatic rings. The van der Waals surface area contributed by atoms with Gasteiger partial charge >= 0.3 is 0 Å². The van der Waals surface area contributed by atoms with Gasteiger partial charge in [-0.3, -0.25) is 4.79 Å². The quantitative estimate of drug-likeness (QED) is 0.783. The van der Waals surface area contributed by atoms with E-state index in [1.807, 2.05) is 0 Å². The number of sulfonamides is 1. The molecule has 1 atom stereocenters. The van der Waals surface area contributed by atoms with E-state index >= 15 is 0 Å². The Morgan fingerprint density at radius 2 is 2.00 bits per heavy atom. The molecule has 2 rings (SSSR count). The van der Waals surface area contributed by atoms with Crippen LogP contribution in [0.25, 0.3) is 0 Å². The van der Waals surface area contributed by atoms with Gasteiger partial charge in [-0.15, -0.1) is 0 Å². The van der Waals surface area contributed by atoms with Crippen molar-refractivity contribution in [3.8, 4) is 0 Å². The Balaban J connectivity index is 1.86. The molecule has 1 saturated heterocycles. The van der Waals surface area contributed by atoms with E-state index in [0.717, 1.165) is 32.5 Å². The Morgan fingerprint density at radius 3 is 2.58 bits per heavy atom. The van der Waals surface area contributed by atoms with Gasteiger partial charge in [-0.25, -0.2) is 13.1 Å². The molecular weight excluding hydrogens is 328 g/mol. The number of hydrogen-bond acceptors (Lipinski definition) is 4. The summed E-state index contributed by atoms with van der Waals surface area (Å²) in [5, 5.41) is 2.88. The van der Waals surface area contributed by atoms with E-state index in [2.05, 4.69) is 10.0 Å². The van der Waals surface area contributed by atoms with Crippen LogP contribution in [0.3, 0.4) is 0 Å². The SMILES string of the molecule is CC(C)NS(=O)(=O)c1ccc(C(=O)NCC[C@H]2CCCOC2)cc1. The Morgan fingerprint density at radius 1 is 1.29 bits per heavy atom. The summed E-state index contributed by atoms with van der Waals surface area (Å²) in [7, 11) is -3.53. The highest BCUT2D eigenvalue weighted by molar-refractivity contribution is 7.89. The molecule has 24 heavy (non-hydrogen) atoms. The lowest BCUT2D eigenvalue weighted by Gasteiger charge is -2.21. The summed E-state index contributed by atoms with van der Waals surface area (Å²) < 4.78 is 32.0. The van der Waals surface area contributed by atoms with Crippen LogP contribution in [0.15, 0.2) is 29.2 Å². The van der Waals surface area contributed by atoms with Gasteiger partial charge in [-0.1, -0.05) is 0 Å². The van der Waals surface area contributed by atoms with Gasteiger partial charge in [0.2, 0.25) is 10.0 Å². The maximum Gasteiger partial charge on any atom is 0.251 e. The van der Waals surface area contributed by atoms with E-state index in [9.17, 15) is 13.2 Å². The molecule has 1 heterocycles. The number of ether oxygens (including phenoxy) is 1. The second-order valence-electron chi connectivity index (χ2n) is 6.43. The second kappa shape index (κ2) is 8.60. The maximum atomic E-state index is 12.1. The Kier molecular flexibility index (Phi) is 6.77. The minimum atomic E-state index is -3.53. The molecule has 7 heteroatoms. The van der Waals surface area contributed by atoms with E-state index < -0.39 is 10.0 Å². The highest BCUT2D eigenvalue weighted by atomic mass is 32.2. The first kappa shape index (κ1) is 18.9. The Hall–Kier alpha value is -1.44. The molecule has 2 N–H and O–H groups in total. The summed E-state index contributed by atoms with van der Waals surface area (Å²) in [5.41, 5.74) is 0.457. The monoisotopic (exact) mass is 354 g/mol. The predicted octanol–water partition coefficient (Wildman–Crippen LogP) is 1.92. The van der Waals surface area contributed by atoms with Crippen molar-refractivity contribution in [2.75, 3.05) is 19.8 Å². The summed E-state index contributed by atoms with van der Waals surface area (Å²) in [4.78, 5) is 12.3. The predicted molar refractivity (Wildman–Crippen MR) is 92.4 cm³/mol. The van der Waals surface area contributed by atoms with Crippen LogP contribution in [0.5, 0.6) is 0 Å². The molecule has 1 aliphatic heterocycles. The van der Waals surface area contributed by atoms with Gasteiger partial charge in [-0.05, 0) is 63.3 Å². The van der Waals surface area contributed by atoms with Crippen molar-refractivity contribution in [1.29, 1.82) is 0 Å². The summed E-state index contributed by atoms with van der Waals surface area (Å²) in [6.45, 7) is 5.73. The Bertz CT molecular complexity index is 635. The number of rotatable bonds is 7. The minimum Gasteiger partial charge on any atom is -0.381 e. The molecule has 134 valence electrons. The molecule has 0 aliphatic carbocycles. The van der Waals surface area contributed by atoms with E-state index in [4.69, 9.17) is 4.74 Å². The number of carbonyl (C=O) groups excluding carboxylic acids is 1. The van der Waals surface area contributed by atoms with Crippen molar-refractivity contribution >= 4 is 15.9 Å². The van der Waals surface area contributed by atoms with Gasteiger partial charge in [0.25, 0.3) is 5.91 Å². The third-order valence-electron chi connectivity index (χ3n) is 3.91. The van der Waals surface area contributed by atoms with Crippen LogP contribution in [-0.2, 0) is 14.8 Å². The molecule has 1 amide bonds. The van der Waals surface area contributed by atoms with Crippen LogP contribution in [0, 0.1) is 5.92 Å². The molecule has 0 aromatic heterocycles. The average molecular weight is 354 g/mol. The zero-order chi connectivity index (χ0) is 17.6. The van der Waals surface area contributed by atoms with Crippen LogP contribution in [0.2, 0.25) is 0 Å². The lowest BCUT2D eigenvalue weighted by molar-refractivity contribution is 0.0514. The third-order valence-corrected chi connectivity index (χ3v) is 5.58.